The van der Waals surface area contributed by atoms with Crippen molar-refractivity contribution < 1.29 is 9.53 Å². The Balaban J connectivity index is 1.69. The second-order valence-electron chi connectivity index (χ2n) is 5.69. The topological polar surface area (TPSA) is 55.3 Å². The number of nitrogens with zero attached hydrogens (tertiary/aromatic N) is 3. The Labute approximate surface area is 136 Å². The molecule has 1 aromatic heterocycles. The van der Waals surface area contributed by atoms with E-state index in [1.807, 2.05) is 17.9 Å². The van der Waals surface area contributed by atoms with Crippen molar-refractivity contribution >= 4 is 5.91 Å². The average molecular weight is 311 g/mol. The van der Waals surface area contributed by atoms with Gasteiger partial charge in [0, 0.05) is 31.4 Å². The zero-order chi connectivity index (χ0) is 16.1. The van der Waals surface area contributed by atoms with Crippen LogP contribution in [0.25, 0.3) is 0 Å². The Morgan fingerprint density at radius 3 is 2.70 bits per heavy atom. The molecule has 3 rings (SSSR count). The largest absolute Gasteiger partial charge is 0.464 e. The average Bonchev–Trinajstić information content (AvgIpc) is 2.63. The smallest absolute Gasteiger partial charge is 0.316 e. The Morgan fingerprint density at radius 1 is 1.26 bits per heavy atom. The lowest BCUT2D eigenvalue weighted by Gasteiger charge is -2.33. The van der Waals surface area contributed by atoms with Crippen LogP contribution in [0, 0.1) is 0 Å². The first-order valence-electron chi connectivity index (χ1n) is 8.07. The molecule has 2 heterocycles. The summed E-state index contributed by atoms with van der Waals surface area (Å²) in [6.07, 6.45) is 5.23. The van der Waals surface area contributed by atoms with Gasteiger partial charge in [0.15, 0.2) is 0 Å². The van der Waals surface area contributed by atoms with Crippen LogP contribution in [0.15, 0.2) is 42.7 Å². The van der Waals surface area contributed by atoms with Crippen LogP contribution in [0.4, 0.5) is 0 Å². The lowest BCUT2D eigenvalue weighted by molar-refractivity contribution is 0.0706. The van der Waals surface area contributed by atoms with Crippen LogP contribution in [0.2, 0.25) is 0 Å². The molecule has 1 aliphatic rings. The van der Waals surface area contributed by atoms with Gasteiger partial charge in [0.2, 0.25) is 0 Å². The maximum Gasteiger partial charge on any atom is 0.316 e. The fraction of sp³-hybridized carbons (Fsp3) is 0.389. The van der Waals surface area contributed by atoms with Crippen LogP contribution < -0.4 is 4.74 Å². The predicted molar refractivity (Wildman–Crippen MR) is 87.5 cm³/mol. The van der Waals surface area contributed by atoms with Gasteiger partial charge in [-0.2, -0.15) is 0 Å². The number of hydrogen-bond acceptors (Lipinski definition) is 4. The molecular formula is C18H21N3O2. The summed E-state index contributed by atoms with van der Waals surface area (Å²) in [4.78, 5) is 22.7. The quantitative estimate of drug-likeness (QED) is 0.871. The summed E-state index contributed by atoms with van der Waals surface area (Å²) in [6.45, 7) is 3.92. The fourth-order valence-corrected chi connectivity index (χ4v) is 2.97. The second-order valence-corrected chi connectivity index (χ2v) is 5.69. The van der Waals surface area contributed by atoms with Gasteiger partial charge in [0.05, 0.1) is 12.2 Å². The lowest BCUT2D eigenvalue weighted by Crippen LogP contribution is -2.39. The van der Waals surface area contributed by atoms with Crippen LogP contribution in [0.3, 0.4) is 0 Å². The molecule has 0 N–H and O–H groups in total. The van der Waals surface area contributed by atoms with E-state index in [1.165, 1.54) is 5.56 Å². The molecular weight excluding hydrogens is 290 g/mol. The van der Waals surface area contributed by atoms with E-state index in [9.17, 15) is 4.79 Å². The van der Waals surface area contributed by atoms with E-state index in [0.717, 1.165) is 25.9 Å². The zero-order valence-electron chi connectivity index (χ0n) is 13.3. The molecule has 120 valence electrons. The minimum atomic E-state index is -0.00585. The number of amides is 1. The summed E-state index contributed by atoms with van der Waals surface area (Å²) in [7, 11) is 0. The van der Waals surface area contributed by atoms with E-state index in [0.29, 0.717) is 24.1 Å². The highest BCUT2D eigenvalue weighted by Crippen LogP contribution is 2.27. The molecule has 0 spiro atoms. The monoisotopic (exact) mass is 311 g/mol. The van der Waals surface area contributed by atoms with E-state index in [1.54, 1.807) is 12.4 Å². The van der Waals surface area contributed by atoms with Crippen molar-refractivity contribution in [2.75, 3.05) is 19.7 Å². The van der Waals surface area contributed by atoms with Crippen LogP contribution in [-0.2, 0) is 0 Å². The van der Waals surface area contributed by atoms with Crippen molar-refractivity contribution in [1.82, 2.24) is 14.9 Å². The van der Waals surface area contributed by atoms with Crippen LogP contribution in [-0.4, -0.2) is 40.5 Å². The Kier molecular flexibility index (Phi) is 4.86. The number of likely N-dealkylation sites (tertiary alicyclic amines) is 1. The number of hydrogen-bond donors (Lipinski definition) is 0. The molecule has 5 nitrogen and oxygen atoms in total. The minimum absolute atomic E-state index is 0.00585. The standard InChI is InChI=1S/C18H21N3O2/c1-2-23-18-19-11-16(12-20-18)17(22)21-10-6-9-15(13-21)14-7-4-3-5-8-14/h3-5,7-8,11-12,15H,2,6,9-10,13H2,1H3. The summed E-state index contributed by atoms with van der Waals surface area (Å²) in [5, 5.41) is 0. The third-order valence-corrected chi connectivity index (χ3v) is 4.13. The highest BCUT2D eigenvalue weighted by Gasteiger charge is 2.25. The van der Waals surface area contributed by atoms with Crippen molar-refractivity contribution in [2.45, 2.75) is 25.7 Å². The van der Waals surface area contributed by atoms with E-state index in [-0.39, 0.29) is 5.91 Å². The third kappa shape index (κ3) is 3.67. The van der Waals surface area contributed by atoms with Gasteiger partial charge in [-0.15, -0.1) is 0 Å². The summed E-state index contributed by atoms with van der Waals surface area (Å²) in [6, 6.07) is 10.7. The molecule has 1 fully saturated rings. The molecule has 0 bridgehead atoms. The molecule has 0 radical (unpaired) electrons. The van der Waals surface area contributed by atoms with Crippen LogP contribution in [0.5, 0.6) is 6.01 Å². The normalized spacial score (nSPS) is 17.8. The summed E-state index contributed by atoms with van der Waals surface area (Å²) < 4.78 is 5.21. The molecule has 1 atom stereocenters. The lowest BCUT2D eigenvalue weighted by atomic mass is 9.90. The molecule has 0 saturated carbocycles. The van der Waals surface area contributed by atoms with E-state index in [4.69, 9.17) is 4.74 Å². The number of piperidine rings is 1. The molecule has 2 aromatic rings. The number of carbonyl (C=O) groups is 1. The van der Waals surface area contributed by atoms with Gasteiger partial charge in [-0.25, -0.2) is 9.97 Å². The van der Waals surface area contributed by atoms with E-state index < -0.39 is 0 Å². The second kappa shape index (κ2) is 7.22. The van der Waals surface area contributed by atoms with Gasteiger partial charge in [0.1, 0.15) is 0 Å². The molecule has 23 heavy (non-hydrogen) atoms. The van der Waals surface area contributed by atoms with Gasteiger partial charge in [-0.1, -0.05) is 30.3 Å². The highest BCUT2D eigenvalue weighted by molar-refractivity contribution is 5.93. The van der Waals surface area contributed by atoms with Crippen LogP contribution >= 0.6 is 0 Å². The first-order chi connectivity index (χ1) is 11.3. The van der Waals surface area contributed by atoms with Crippen molar-refractivity contribution in [3.8, 4) is 6.01 Å². The fourth-order valence-electron chi connectivity index (χ4n) is 2.97. The van der Waals surface area contributed by atoms with E-state index in [2.05, 4.69) is 34.2 Å². The summed E-state index contributed by atoms with van der Waals surface area (Å²) in [5.41, 5.74) is 1.81. The van der Waals surface area contributed by atoms with Crippen LogP contribution in [0.1, 0.15) is 41.6 Å². The predicted octanol–water partition coefficient (Wildman–Crippen LogP) is 2.90. The van der Waals surface area contributed by atoms with Crippen molar-refractivity contribution in [3.63, 3.8) is 0 Å². The maximum absolute atomic E-state index is 12.7. The molecule has 0 aliphatic carbocycles. The zero-order valence-corrected chi connectivity index (χ0v) is 13.3. The minimum Gasteiger partial charge on any atom is -0.464 e. The number of rotatable bonds is 4. The van der Waals surface area contributed by atoms with E-state index >= 15 is 0 Å². The highest BCUT2D eigenvalue weighted by atomic mass is 16.5. The number of ether oxygens (including phenoxy) is 1. The van der Waals surface area contributed by atoms with Crippen molar-refractivity contribution in [3.05, 3.63) is 53.9 Å². The SMILES string of the molecule is CCOc1ncc(C(=O)N2CCCC(c3ccccc3)C2)cn1. The van der Waals surface area contributed by atoms with Gasteiger partial charge in [-0.3, -0.25) is 4.79 Å². The third-order valence-electron chi connectivity index (χ3n) is 4.13. The molecule has 5 heteroatoms. The van der Waals surface area contributed by atoms with Gasteiger partial charge >= 0.3 is 6.01 Å². The summed E-state index contributed by atoms with van der Waals surface area (Å²) >= 11 is 0. The molecule has 1 aliphatic heterocycles. The molecule has 1 aromatic carbocycles. The number of aromatic nitrogens is 2. The Morgan fingerprint density at radius 2 is 2.00 bits per heavy atom. The summed E-state index contributed by atoms with van der Waals surface area (Å²) in [5.74, 6) is 0.395. The number of benzene rings is 1. The first kappa shape index (κ1) is 15.5. The maximum atomic E-state index is 12.7. The van der Waals surface area contributed by atoms with Gasteiger partial charge in [0.25, 0.3) is 5.91 Å². The number of carbonyl (C=O) groups excluding carboxylic acids is 1. The Hall–Kier alpha value is -2.43. The molecule has 1 saturated heterocycles. The molecule has 1 amide bonds. The van der Waals surface area contributed by atoms with Gasteiger partial charge in [-0.05, 0) is 25.3 Å². The van der Waals surface area contributed by atoms with Crippen molar-refractivity contribution in [1.29, 1.82) is 0 Å². The van der Waals surface area contributed by atoms with Gasteiger partial charge < -0.3 is 9.64 Å². The molecule has 1 unspecified atom stereocenters. The first-order valence-corrected chi connectivity index (χ1v) is 8.07. The van der Waals surface area contributed by atoms with Crippen molar-refractivity contribution in [2.24, 2.45) is 0 Å². The Bertz CT molecular complexity index is 643.